The second-order valence-corrected chi connectivity index (χ2v) is 10.1. The predicted molar refractivity (Wildman–Crippen MR) is 148 cm³/mol. The second-order valence-electron chi connectivity index (χ2n) is 10.1. The molecular weight excluding hydrogens is 516 g/mol. The molecule has 0 fully saturated rings. The number of rotatable bonds is 16. The molecule has 0 spiro atoms. The fourth-order valence-electron chi connectivity index (χ4n) is 4.05. The Morgan fingerprint density at radius 3 is 1.62 bits per heavy atom. The van der Waals surface area contributed by atoms with Gasteiger partial charge in [0.15, 0.2) is 0 Å². The molecule has 40 heavy (non-hydrogen) atoms. The number of carboxylic acid groups (broad SMARTS) is 2. The van der Waals surface area contributed by atoms with Crippen molar-refractivity contribution in [1.29, 1.82) is 0 Å². The van der Waals surface area contributed by atoms with Crippen molar-refractivity contribution in [3.05, 3.63) is 71.8 Å². The molecule has 2 rings (SSSR count). The molecule has 4 unspecified atom stereocenters. The third-order valence-electron chi connectivity index (χ3n) is 6.16. The minimum atomic E-state index is -1.23. The van der Waals surface area contributed by atoms with E-state index in [9.17, 15) is 29.1 Å². The number of nitrogens with two attached hydrogens (primary N) is 1. The Hall–Kier alpha value is -4.25. The number of amides is 3. The van der Waals surface area contributed by atoms with Gasteiger partial charge in [0.1, 0.15) is 18.1 Å². The average Bonchev–Trinajstić information content (AvgIpc) is 2.91. The van der Waals surface area contributed by atoms with Gasteiger partial charge in [0, 0.05) is 19.3 Å². The first-order valence-electron chi connectivity index (χ1n) is 13.1. The van der Waals surface area contributed by atoms with Crippen LogP contribution in [0.5, 0.6) is 0 Å². The summed E-state index contributed by atoms with van der Waals surface area (Å²) < 4.78 is 0. The summed E-state index contributed by atoms with van der Waals surface area (Å²) in [5, 5.41) is 26.4. The molecule has 0 aliphatic rings. The van der Waals surface area contributed by atoms with Crippen LogP contribution in [0.4, 0.5) is 0 Å². The van der Waals surface area contributed by atoms with Gasteiger partial charge in [0.25, 0.3) is 0 Å². The zero-order valence-electron chi connectivity index (χ0n) is 22.7. The Morgan fingerprint density at radius 1 is 0.700 bits per heavy atom. The van der Waals surface area contributed by atoms with Crippen molar-refractivity contribution in [3.8, 4) is 0 Å². The monoisotopic (exact) mass is 554 g/mol. The van der Waals surface area contributed by atoms with Crippen molar-refractivity contribution in [2.24, 2.45) is 11.7 Å². The summed E-state index contributed by atoms with van der Waals surface area (Å²) in [6.45, 7) is 3.71. The van der Waals surface area contributed by atoms with Gasteiger partial charge in [-0.3, -0.25) is 19.2 Å². The van der Waals surface area contributed by atoms with Gasteiger partial charge in [0.2, 0.25) is 17.7 Å². The number of carbonyl (C=O) groups excluding carboxylic acids is 3. The first-order valence-corrected chi connectivity index (χ1v) is 13.1. The van der Waals surface area contributed by atoms with Crippen LogP contribution in [-0.2, 0) is 36.8 Å². The third kappa shape index (κ3) is 11.2. The summed E-state index contributed by atoms with van der Waals surface area (Å²) in [5.41, 5.74) is 7.27. The van der Waals surface area contributed by atoms with E-state index in [0.29, 0.717) is 0 Å². The number of nitrogens with one attached hydrogen (secondary N) is 3. The van der Waals surface area contributed by atoms with E-state index in [4.69, 9.17) is 10.8 Å². The first-order chi connectivity index (χ1) is 19.0. The highest BCUT2D eigenvalue weighted by molar-refractivity contribution is 5.94. The SMILES string of the molecule is CC(C)CC(NC(=O)C(N)CCC(=O)O)C(=O)NC(Cc1ccccc1)C(=O)NC(Cc1ccccc1)C(=O)O. The largest absolute Gasteiger partial charge is 0.481 e. The van der Waals surface area contributed by atoms with E-state index in [1.807, 2.05) is 13.8 Å². The van der Waals surface area contributed by atoms with E-state index in [-0.39, 0.29) is 38.0 Å². The lowest BCUT2D eigenvalue weighted by Gasteiger charge is -2.26. The Kier molecular flexibility index (Phi) is 12.8. The predicted octanol–water partition coefficient (Wildman–Crippen LogP) is 1.25. The van der Waals surface area contributed by atoms with Crippen LogP contribution in [0.1, 0.15) is 44.2 Å². The summed E-state index contributed by atoms with van der Waals surface area (Å²) in [6, 6.07) is 13.2. The molecule has 0 radical (unpaired) electrons. The normalized spacial score (nSPS) is 13.9. The molecule has 0 aliphatic carbocycles. The van der Waals surface area contributed by atoms with Crippen LogP contribution in [0.2, 0.25) is 0 Å². The molecule has 3 amide bonds. The lowest BCUT2D eigenvalue weighted by Crippen LogP contribution is -2.58. The van der Waals surface area contributed by atoms with Gasteiger partial charge in [-0.2, -0.15) is 0 Å². The van der Waals surface area contributed by atoms with Crippen LogP contribution in [0, 0.1) is 5.92 Å². The summed E-state index contributed by atoms with van der Waals surface area (Å²) in [6.07, 6.45) is -0.0453. The van der Waals surface area contributed by atoms with Crippen molar-refractivity contribution < 1.29 is 34.2 Å². The van der Waals surface area contributed by atoms with E-state index in [1.54, 1.807) is 60.7 Å². The maximum atomic E-state index is 13.4. The van der Waals surface area contributed by atoms with Crippen molar-refractivity contribution >= 4 is 29.7 Å². The van der Waals surface area contributed by atoms with E-state index in [2.05, 4.69) is 16.0 Å². The molecule has 7 N–H and O–H groups in total. The highest BCUT2D eigenvalue weighted by atomic mass is 16.4. The molecule has 11 heteroatoms. The Bertz CT molecular complexity index is 1140. The maximum absolute atomic E-state index is 13.4. The number of hydrogen-bond acceptors (Lipinski definition) is 6. The van der Waals surface area contributed by atoms with Crippen LogP contribution in [0.15, 0.2) is 60.7 Å². The average molecular weight is 555 g/mol. The molecule has 0 saturated carbocycles. The van der Waals surface area contributed by atoms with Gasteiger partial charge in [-0.25, -0.2) is 4.79 Å². The van der Waals surface area contributed by atoms with Gasteiger partial charge in [-0.15, -0.1) is 0 Å². The van der Waals surface area contributed by atoms with Gasteiger partial charge in [0.05, 0.1) is 6.04 Å². The topological polar surface area (TPSA) is 188 Å². The molecule has 11 nitrogen and oxygen atoms in total. The summed E-state index contributed by atoms with van der Waals surface area (Å²) in [7, 11) is 0. The zero-order valence-corrected chi connectivity index (χ0v) is 22.7. The molecule has 2 aromatic carbocycles. The molecule has 0 aliphatic heterocycles. The minimum Gasteiger partial charge on any atom is -0.481 e. The maximum Gasteiger partial charge on any atom is 0.326 e. The summed E-state index contributed by atoms with van der Waals surface area (Å²) >= 11 is 0. The molecule has 4 atom stereocenters. The Balaban J connectivity index is 2.22. The number of carboxylic acids is 2. The number of benzene rings is 2. The number of carbonyl (C=O) groups is 5. The Labute approximate surface area is 233 Å². The van der Waals surface area contributed by atoms with Crippen LogP contribution < -0.4 is 21.7 Å². The highest BCUT2D eigenvalue weighted by Crippen LogP contribution is 2.10. The van der Waals surface area contributed by atoms with Crippen LogP contribution in [0.25, 0.3) is 0 Å². The van der Waals surface area contributed by atoms with E-state index in [1.165, 1.54) is 0 Å². The van der Waals surface area contributed by atoms with E-state index >= 15 is 0 Å². The molecule has 0 heterocycles. The van der Waals surface area contributed by atoms with Crippen molar-refractivity contribution in [2.75, 3.05) is 0 Å². The van der Waals surface area contributed by atoms with E-state index in [0.717, 1.165) is 11.1 Å². The number of aliphatic carboxylic acids is 2. The van der Waals surface area contributed by atoms with Gasteiger partial charge in [-0.05, 0) is 29.9 Å². The fraction of sp³-hybridized carbons (Fsp3) is 0.414. The standard InChI is InChI=1S/C29H38N4O7/c1-18(2)15-22(31-26(36)21(30)13-14-25(34)35)27(37)32-23(16-19-9-5-3-6-10-19)28(38)33-24(29(39)40)17-20-11-7-4-8-12-20/h3-12,18,21-24H,13-17,30H2,1-2H3,(H,31,36)(H,32,37)(H,33,38)(H,34,35)(H,39,40). The first kappa shape index (κ1) is 32.0. The molecular formula is C29H38N4O7. The molecule has 0 saturated heterocycles. The minimum absolute atomic E-state index is 0.0186. The van der Waals surface area contributed by atoms with Gasteiger partial charge in [-0.1, -0.05) is 74.5 Å². The second kappa shape index (κ2) is 16.0. The lowest BCUT2D eigenvalue weighted by atomic mass is 10.00. The highest BCUT2D eigenvalue weighted by Gasteiger charge is 2.31. The van der Waals surface area contributed by atoms with Crippen LogP contribution >= 0.6 is 0 Å². The van der Waals surface area contributed by atoms with Crippen LogP contribution in [-0.4, -0.2) is 64.0 Å². The zero-order chi connectivity index (χ0) is 29.7. The summed E-state index contributed by atoms with van der Waals surface area (Å²) in [4.78, 5) is 62.1. The molecule has 0 aromatic heterocycles. The van der Waals surface area contributed by atoms with E-state index < -0.39 is 53.8 Å². The van der Waals surface area contributed by atoms with Crippen molar-refractivity contribution in [1.82, 2.24) is 16.0 Å². The number of hydrogen-bond donors (Lipinski definition) is 6. The smallest absolute Gasteiger partial charge is 0.326 e. The van der Waals surface area contributed by atoms with Crippen LogP contribution in [0.3, 0.4) is 0 Å². The summed E-state index contributed by atoms with van der Waals surface area (Å²) in [5.74, 6) is -4.34. The third-order valence-corrected chi connectivity index (χ3v) is 6.16. The molecule has 2 aromatic rings. The van der Waals surface area contributed by atoms with Gasteiger partial charge >= 0.3 is 11.9 Å². The molecule has 0 bridgehead atoms. The lowest BCUT2D eigenvalue weighted by molar-refractivity contribution is -0.142. The van der Waals surface area contributed by atoms with Crippen molar-refractivity contribution in [2.45, 2.75) is 70.1 Å². The van der Waals surface area contributed by atoms with Crippen molar-refractivity contribution in [3.63, 3.8) is 0 Å². The molecule has 216 valence electrons. The fourth-order valence-corrected chi connectivity index (χ4v) is 4.05. The van der Waals surface area contributed by atoms with Gasteiger partial charge < -0.3 is 31.9 Å². The Morgan fingerprint density at radius 2 is 1.15 bits per heavy atom. The quantitative estimate of drug-likeness (QED) is 0.179.